The number of aliphatic hydroxyl groups excluding tert-OH is 1. The summed E-state index contributed by atoms with van der Waals surface area (Å²) >= 11 is 0. The van der Waals surface area contributed by atoms with E-state index in [2.05, 4.69) is 33.3 Å². The van der Waals surface area contributed by atoms with Gasteiger partial charge in [-0.25, -0.2) is 14.8 Å². The molecule has 0 unspecified atom stereocenters. The van der Waals surface area contributed by atoms with Crippen molar-refractivity contribution in [1.29, 1.82) is 0 Å². The first-order valence-electron chi connectivity index (χ1n) is 14.2. The number of pyridine rings is 1. The largest absolute Gasteiger partial charge is 0.476 e. The molecule has 1 aliphatic heterocycles. The molecule has 1 atom stereocenters. The molecule has 2 N–H and O–H groups in total. The number of piperidine rings is 1. The van der Waals surface area contributed by atoms with Gasteiger partial charge in [0.25, 0.3) is 0 Å². The number of anilines is 2. The molecule has 11 heteroatoms. The number of ether oxygens (including phenoxy) is 2. The molecule has 40 heavy (non-hydrogen) atoms. The van der Waals surface area contributed by atoms with E-state index in [1.54, 1.807) is 13.2 Å². The highest BCUT2D eigenvalue weighted by Gasteiger charge is 2.25. The smallest absolute Gasteiger partial charge is 0.410 e. The van der Waals surface area contributed by atoms with E-state index in [0.29, 0.717) is 25.6 Å². The van der Waals surface area contributed by atoms with Crippen LogP contribution in [0.15, 0.2) is 30.6 Å². The number of nitrogens with one attached hydrogen (secondary N) is 1. The molecule has 4 heterocycles. The van der Waals surface area contributed by atoms with E-state index in [0.717, 1.165) is 60.6 Å². The van der Waals surface area contributed by atoms with Crippen LogP contribution in [0.5, 0.6) is 5.88 Å². The van der Waals surface area contributed by atoms with Crippen molar-refractivity contribution in [2.45, 2.75) is 78.0 Å². The Hall–Kier alpha value is -3.60. The molecular weight excluding hydrogens is 510 g/mol. The third kappa shape index (κ3) is 7.53. The molecule has 3 aromatic heterocycles. The molecule has 0 aliphatic carbocycles. The van der Waals surface area contributed by atoms with Crippen LogP contribution in [0.3, 0.4) is 0 Å². The summed E-state index contributed by atoms with van der Waals surface area (Å²) in [6, 6.07) is 6.14. The first-order valence-corrected chi connectivity index (χ1v) is 14.2. The predicted octanol–water partition coefficient (Wildman–Crippen LogP) is 4.29. The van der Waals surface area contributed by atoms with Crippen molar-refractivity contribution in [3.05, 3.63) is 41.7 Å². The zero-order valence-electron chi connectivity index (χ0n) is 24.4. The summed E-state index contributed by atoms with van der Waals surface area (Å²) in [5.74, 6) is 2.27. The van der Waals surface area contributed by atoms with Crippen molar-refractivity contribution >= 4 is 23.4 Å². The zero-order valence-corrected chi connectivity index (χ0v) is 24.4. The summed E-state index contributed by atoms with van der Waals surface area (Å²) in [6.07, 6.45) is 8.22. The molecule has 1 saturated heterocycles. The summed E-state index contributed by atoms with van der Waals surface area (Å²) in [4.78, 5) is 25.4. The Morgan fingerprint density at radius 2 is 2.08 bits per heavy atom. The van der Waals surface area contributed by atoms with E-state index in [1.807, 2.05) is 43.6 Å². The maximum atomic E-state index is 12.1. The van der Waals surface area contributed by atoms with Crippen LogP contribution in [0, 0.1) is 0 Å². The summed E-state index contributed by atoms with van der Waals surface area (Å²) in [6.45, 7) is 9.99. The summed E-state index contributed by atoms with van der Waals surface area (Å²) in [5.41, 5.74) is 2.41. The second-order valence-electron chi connectivity index (χ2n) is 11.2. The lowest BCUT2D eigenvalue weighted by Crippen LogP contribution is -2.40. The van der Waals surface area contributed by atoms with Gasteiger partial charge in [0, 0.05) is 56.7 Å². The zero-order chi connectivity index (χ0) is 28.7. The maximum absolute atomic E-state index is 12.1. The molecule has 0 radical (unpaired) electrons. The molecule has 0 spiro atoms. The number of carbonyl (C=O) groups excluding carboxylic acids is 1. The Bertz CT molecular complexity index is 1250. The second-order valence-corrected chi connectivity index (χ2v) is 11.2. The van der Waals surface area contributed by atoms with Gasteiger partial charge in [-0.3, -0.25) is 0 Å². The topological polar surface area (TPSA) is 117 Å². The summed E-state index contributed by atoms with van der Waals surface area (Å²) < 4.78 is 13.0. The number of aliphatic hydroxyl groups is 1. The van der Waals surface area contributed by atoms with E-state index in [1.165, 1.54) is 11.3 Å². The van der Waals surface area contributed by atoms with Gasteiger partial charge in [-0.1, -0.05) is 13.0 Å². The van der Waals surface area contributed by atoms with Gasteiger partial charge in [0.1, 0.15) is 23.8 Å². The van der Waals surface area contributed by atoms with Gasteiger partial charge in [0.15, 0.2) is 5.65 Å². The Balaban J connectivity index is 1.40. The van der Waals surface area contributed by atoms with E-state index >= 15 is 0 Å². The van der Waals surface area contributed by atoms with Crippen molar-refractivity contribution in [1.82, 2.24) is 24.5 Å². The number of rotatable bonds is 11. The van der Waals surface area contributed by atoms with Crippen LogP contribution in [-0.4, -0.2) is 80.7 Å². The highest BCUT2D eigenvalue weighted by atomic mass is 16.6. The molecule has 0 saturated carbocycles. The highest BCUT2D eigenvalue weighted by molar-refractivity contribution is 5.67. The van der Waals surface area contributed by atoms with Crippen LogP contribution in [-0.2, 0) is 17.7 Å². The fraction of sp³-hybridized carbons (Fsp3) is 0.586. The number of amides is 1. The van der Waals surface area contributed by atoms with Gasteiger partial charge in [-0.05, 0) is 58.4 Å². The van der Waals surface area contributed by atoms with Crippen molar-refractivity contribution in [2.24, 2.45) is 0 Å². The second kappa shape index (κ2) is 13.2. The fourth-order valence-electron chi connectivity index (χ4n) is 4.78. The monoisotopic (exact) mass is 553 g/mol. The highest BCUT2D eigenvalue weighted by Crippen LogP contribution is 2.29. The minimum atomic E-state index is -0.535. The molecule has 11 nitrogen and oxygen atoms in total. The molecule has 3 aromatic rings. The number of nitrogens with zero attached hydrogens (tertiary/aromatic N) is 6. The van der Waals surface area contributed by atoms with Gasteiger partial charge < -0.3 is 29.7 Å². The molecule has 1 aliphatic rings. The number of hydrogen-bond donors (Lipinski definition) is 2. The molecular formula is C29H43N7O4. The lowest BCUT2D eigenvalue weighted by molar-refractivity contribution is 0.0277. The van der Waals surface area contributed by atoms with Crippen LogP contribution in [0.4, 0.5) is 16.4 Å². The normalized spacial score (nSPS) is 15.8. The van der Waals surface area contributed by atoms with Crippen molar-refractivity contribution in [3.8, 4) is 5.88 Å². The number of aryl methyl sites for hydroxylation is 1. The lowest BCUT2D eigenvalue weighted by Gasteiger charge is -2.36. The Morgan fingerprint density at radius 3 is 2.77 bits per heavy atom. The number of likely N-dealkylation sites (N-methyl/N-ethyl adjacent to an activating group) is 1. The molecule has 4 rings (SSSR count). The lowest BCUT2D eigenvalue weighted by atomic mass is 9.99. The maximum Gasteiger partial charge on any atom is 0.410 e. The van der Waals surface area contributed by atoms with Gasteiger partial charge in [0.05, 0.1) is 12.7 Å². The predicted molar refractivity (Wildman–Crippen MR) is 155 cm³/mol. The minimum absolute atomic E-state index is 0.175. The van der Waals surface area contributed by atoms with Crippen molar-refractivity contribution in [3.63, 3.8) is 0 Å². The van der Waals surface area contributed by atoms with Gasteiger partial charge >= 0.3 is 6.09 Å². The average molecular weight is 554 g/mol. The van der Waals surface area contributed by atoms with Crippen LogP contribution < -0.4 is 15.0 Å². The molecule has 1 amide bonds. The first-order chi connectivity index (χ1) is 19.2. The standard InChI is InChI=1S/C29H43N7O4/c1-6-22-20-32-36-24(17-25(33-27(22)36)35-13-8-7-9-23(35)12-15-37)30-18-21-10-11-26(31-19-21)39-16-14-34(5)28(38)40-29(2,3)4/h10-11,17,19-20,23,30,37H,6-9,12-16,18H2,1-5H3/t23-/m0/s1. The van der Waals surface area contributed by atoms with Crippen molar-refractivity contribution in [2.75, 3.05) is 43.6 Å². The SMILES string of the molecule is CCc1cnn2c(NCc3ccc(OCCN(C)C(=O)OC(C)(C)C)nc3)cc(N3CCCC[C@H]3CCO)nc12. The summed E-state index contributed by atoms with van der Waals surface area (Å²) in [5, 5.41) is 17.7. The van der Waals surface area contributed by atoms with Crippen LogP contribution >= 0.6 is 0 Å². The fourth-order valence-corrected chi connectivity index (χ4v) is 4.78. The van der Waals surface area contributed by atoms with Gasteiger partial charge in [0.2, 0.25) is 5.88 Å². The molecule has 0 bridgehead atoms. The molecule has 1 fully saturated rings. The van der Waals surface area contributed by atoms with Crippen LogP contribution in [0.2, 0.25) is 0 Å². The number of aromatic nitrogens is 4. The van der Waals surface area contributed by atoms with Gasteiger partial charge in [-0.2, -0.15) is 9.61 Å². The number of hydrogen-bond acceptors (Lipinski definition) is 9. The first kappa shape index (κ1) is 29.4. The molecule has 218 valence electrons. The average Bonchev–Trinajstić information content (AvgIpc) is 3.35. The molecule has 0 aromatic carbocycles. The Morgan fingerprint density at radius 1 is 1.25 bits per heavy atom. The third-order valence-corrected chi connectivity index (χ3v) is 6.95. The van der Waals surface area contributed by atoms with Crippen LogP contribution in [0.25, 0.3) is 5.65 Å². The van der Waals surface area contributed by atoms with E-state index in [-0.39, 0.29) is 18.7 Å². The Labute approximate surface area is 236 Å². The minimum Gasteiger partial charge on any atom is -0.476 e. The number of carbonyl (C=O) groups is 1. The quantitative estimate of drug-likeness (QED) is 0.359. The number of fused-ring (bicyclic) bond motifs is 1. The van der Waals surface area contributed by atoms with E-state index in [4.69, 9.17) is 14.5 Å². The van der Waals surface area contributed by atoms with E-state index < -0.39 is 5.60 Å². The van der Waals surface area contributed by atoms with Gasteiger partial charge in [-0.15, -0.1) is 0 Å². The van der Waals surface area contributed by atoms with E-state index in [9.17, 15) is 9.90 Å². The van der Waals surface area contributed by atoms with Crippen molar-refractivity contribution < 1.29 is 19.4 Å². The Kier molecular flexibility index (Phi) is 9.67. The van der Waals surface area contributed by atoms with Crippen LogP contribution in [0.1, 0.15) is 64.5 Å². The third-order valence-electron chi connectivity index (χ3n) is 6.95. The summed E-state index contributed by atoms with van der Waals surface area (Å²) in [7, 11) is 1.68.